The summed E-state index contributed by atoms with van der Waals surface area (Å²) in [5.41, 5.74) is 2.57. The van der Waals surface area contributed by atoms with Gasteiger partial charge in [0.25, 0.3) is 0 Å². The van der Waals surface area contributed by atoms with E-state index in [9.17, 15) is 0 Å². The van der Waals surface area contributed by atoms with Crippen LogP contribution < -0.4 is 0 Å². The summed E-state index contributed by atoms with van der Waals surface area (Å²) in [5, 5.41) is 1.05. The summed E-state index contributed by atoms with van der Waals surface area (Å²) in [4.78, 5) is 0. The van der Waals surface area contributed by atoms with Crippen LogP contribution in [0, 0.1) is 0 Å². The number of aryl methyl sites for hydroxylation is 1. The Morgan fingerprint density at radius 3 is 1.59 bits per heavy atom. The van der Waals surface area contributed by atoms with Gasteiger partial charge in [-0.3, -0.25) is 0 Å². The molecule has 0 radical (unpaired) electrons. The number of halogens is 2. The van der Waals surface area contributed by atoms with Gasteiger partial charge in [0.15, 0.2) is 0 Å². The summed E-state index contributed by atoms with van der Waals surface area (Å²) in [6.45, 7) is 0. The molecule has 0 heterocycles. The van der Waals surface area contributed by atoms with E-state index in [2.05, 4.69) is 40.2 Å². The van der Waals surface area contributed by atoms with E-state index in [-0.39, 0.29) is 0 Å². The summed E-state index contributed by atoms with van der Waals surface area (Å²) in [7, 11) is 0. The minimum absolute atomic E-state index is 0.612. The number of benzene rings is 2. The van der Waals surface area contributed by atoms with Crippen LogP contribution in [-0.4, -0.2) is 5.33 Å². The van der Waals surface area contributed by atoms with E-state index >= 15 is 0 Å². The van der Waals surface area contributed by atoms with Gasteiger partial charge >= 0.3 is 0 Å². The predicted octanol–water partition coefficient (Wildman–Crippen LogP) is 5.05. The van der Waals surface area contributed by atoms with Crippen molar-refractivity contribution < 1.29 is 0 Å². The van der Waals surface area contributed by atoms with Crippen molar-refractivity contribution in [3.05, 3.63) is 71.8 Å². The zero-order chi connectivity index (χ0) is 12.3. The van der Waals surface area contributed by atoms with Crippen molar-refractivity contribution in [2.75, 3.05) is 5.33 Å². The zero-order valence-corrected chi connectivity index (χ0v) is 12.0. The van der Waals surface area contributed by atoms with Crippen molar-refractivity contribution >= 4 is 27.5 Å². The van der Waals surface area contributed by atoms with Gasteiger partial charge in [0, 0.05) is 11.2 Å². The first-order chi connectivity index (χ1) is 8.36. The molecule has 0 bridgehead atoms. The van der Waals surface area contributed by atoms with E-state index < -0.39 is 0 Å². The van der Waals surface area contributed by atoms with Crippen LogP contribution in [0.15, 0.2) is 60.7 Å². The maximum absolute atomic E-state index is 5.53. The predicted molar refractivity (Wildman–Crippen MR) is 79.9 cm³/mol. The highest BCUT2D eigenvalue weighted by molar-refractivity contribution is 9.09. The molecule has 2 heteroatoms. The van der Waals surface area contributed by atoms with Crippen LogP contribution in [0.4, 0.5) is 0 Å². The largest absolute Gasteiger partial charge is 0.122 e. The molecule has 0 aliphatic rings. The second-order valence-corrected chi connectivity index (χ2v) is 4.60. The van der Waals surface area contributed by atoms with Crippen molar-refractivity contribution in [2.45, 2.75) is 12.3 Å². The Kier molecular flexibility index (Phi) is 7.78. The van der Waals surface area contributed by atoms with Gasteiger partial charge in [-0.2, -0.15) is 0 Å². The van der Waals surface area contributed by atoms with Crippen molar-refractivity contribution in [1.82, 2.24) is 0 Å². The molecule has 0 saturated heterocycles. The smallest absolute Gasteiger partial charge is 0.0474 e. The number of hydrogen-bond acceptors (Lipinski definition) is 0. The Hall–Kier alpha value is -0.790. The lowest BCUT2D eigenvalue weighted by Crippen LogP contribution is -1.82. The highest BCUT2D eigenvalue weighted by Gasteiger charge is 1.85. The van der Waals surface area contributed by atoms with Gasteiger partial charge < -0.3 is 0 Å². The average molecular weight is 312 g/mol. The van der Waals surface area contributed by atoms with Crippen molar-refractivity contribution in [1.29, 1.82) is 0 Å². The molecule has 0 N–H and O–H groups in total. The fraction of sp³-hybridized carbons (Fsp3) is 0.200. The van der Waals surface area contributed by atoms with Gasteiger partial charge in [-0.05, 0) is 17.5 Å². The third-order valence-corrected chi connectivity index (χ3v) is 2.93. The zero-order valence-electron chi connectivity index (χ0n) is 9.65. The van der Waals surface area contributed by atoms with Crippen molar-refractivity contribution in [2.24, 2.45) is 0 Å². The molecule has 0 aromatic heterocycles. The Bertz CT molecular complexity index is 386. The molecule has 0 amide bonds. The van der Waals surface area contributed by atoms with Gasteiger partial charge in [-0.15, -0.1) is 11.6 Å². The molecule has 0 fully saturated rings. The molecule has 0 atom stereocenters. The summed E-state index contributed by atoms with van der Waals surface area (Å²) in [6, 6.07) is 20.4. The maximum atomic E-state index is 5.53. The molecule has 17 heavy (non-hydrogen) atoms. The van der Waals surface area contributed by atoms with Crippen LogP contribution in [0.25, 0.3) is 0 Å². The number of rotatable bonds is 3. The highest BCUT2D eigenvalue weighted by atomic mass is 79.9. The van der Waals surface area contributed by atoms with E-state index in [1.165, 1.54) is 11.1 Å². The Balaban J connectivity index is 0.000000171. The van der Waals surface area contributed by atoms with Crippen LogP contribution >= 0.6 is 27.5 Å². The molecular weight excluding hydrogens is 296 g/mol. The summed E-state index contributed by atoms with van der Waals surface area (Å²) in [5.74, 6) is 0.612. The molecule has 0 aliphatic heterocycles. The molecule has 90 valence electrons. The van der Waals surface area contributed by atoms with E-state index in [1.54, 1.807) is 0 Å². The van der Waals surface area contributed by atoms with E-state index in [0.29, 0.717) is 5.88 Å². The minimum atomic E-state index is 0.612. The Labute approximate surface area is 117 Å². The minimum Gasteiger partial charge on any atom is -0.122 e. The fourth-order valence-electron chi connectivity index (χ4n) is 1.32. The van der Waals surface area contributed by atoms with Crippen LogP contribution in [0.2, 0.25) is 0 Å². The molecule has 2 rings (SSSR count). The molecule has 0 aliphatic carbocycles. The van der Waals surface area contributed by atoms with E-state index in [1.807, 2.05) is 36.4 Å². The monoisotopic (exact) mass is 310 g/mol. The second kappa shape index (κ2) is 9.26. The molecule has 2 aromatic rings. The van der Waals surface area contributed by atoms with Gasteiger partial charge in [-0.1, -0.05) is 76.6 Å². The lowest BCUT2D eigenvalue weighted by atomic mass is 10.2. The molecule has 0 nitrogen and oxygen atoms in total. The topological polar surface area (TPSA) is 0 Å². The third kappa shape index (κ3) is 6.50. The molecule has 0 spiro atoms. The SMILES string of the molecule is BrCCc1ccccc1.ClCc1ccccc1. The van der Waals surface area contributed by atoms with Crippen molar-refractivity contribution in [3.8, 4) is 0 Å². The van der Waals surface area contributed by atoms with Gasteiger partial charge in [0.05, 0.1) is 0 Å². The van der Waals surface area contributed by atoms with E-state index in [0.717, 1.165) is 11.8 Å². The standard InChI is InChI=1S/C8H9Br.C7H7Cl/c9-7-6-8-4-2-1-3-5-8;8-6-7-4-2-1-3-5-7/h1-5H,6-7H2;1-5H,6H2. The quantitative estimate of drug-likeness (QED) is 0.696. The van der Waals surface area contributed by atoms with Crippen molar-refractivity contribution in [3.63, 3.8) is 0 Å². The first kappa shape index (κ1) is 14.3. The van der Waals surface area contributed by atoms with E-state index in [4.69, 9.17) is 11.6 Å². The molecule has 0 saturated carbocycles. The Morgan fingerprint density at radius 2 is 1.24 bits per heavy atom. The summed E-state index contributed by atoms with van der Waals surface area (Å²) < 4.78 is 0. The van der Waals surface area contributed by atoms with Gasteiger partial charge in [0.2, 0.25) is 0 Å². The molecule has 0 unspecified atom stereocenters. The lowest BCUT2D eigenvalue weighted by Gasteiger charge is -1.92. The number of hydrogen-bond donors (Lipinski definition) is 0. The second-order valence-electron chi connectivity index (χ2n) is 3.54. The van der Waals surface area contributed by atoms with Crippen LogP contribution in [0.1, 0.15) is 11.1 Å². The first-order valence-electron chi connectivity index (χ1n) is 5.56. The lowest BCUT2D eigenvalue weighted by molar-refractivity contribution is 1.17. The first-order valence-corrected chi connectivity index (χ1v) is 7.22. The maximum Gasteiger partial charge on any atom is 0.0474 e. The summed E-state index contributed by atoms with van der Waals surface area (Å²) in [6.07, 6.45) is 1.13. The fourth-order valence-corrected chi connectivity index (χ4v) is 1.96. The van der Waals surface area contributed by atoms with Gasteiger partial charge in [0.1, 0.15) is 0 Å². The van der Waals surface area contributed by atoms with Gasteiger partial charge in [-0.25, -0.2) is 0 Å². The van der Waals surface area contributed by atoms with Crippen LogP contribution in [0.5, 0.6) is 0 Å². The molecule has 2 aromatic carbocycles. The van der Waals surface area contributed by atoms with Crippen LogP contribution in [0.3, 0.4) is 0 Å². The number of alkyl halides is 2. The third-order valence-electron chi connectivity index (χ3n) is 2.22. The molecular formula is C15H16BrCl. The highest BCUT2D eigenvalue weighted by Crippen LogP contribution is 2.01. The van der Waals surface area contributed by atoms with Crippen LogP contribution in [-0.2, 0) is 12.3 Å². The average Bonchev–Trinajstić information content (AvgIpc) is 2.42. The normalized spacial score (nSPS) is 9.29. The Morgan fingerprint density at radius 1 is 0.765 bits per heavy atom. The summed E-state index contributed by atoms with van der Waals surface area (Å²) >= 11 is 8.91.